The molecule has 1 aliphatic carbocycles. The lowest BCUT2D eigenvalue weighted by molar-refractivity contribution is -0.0889. The van der Waals surface area contributed by atoms with Crippen LogP contribution < -0.4 is 0 Å². The van der Waals surface area contributed by atoms with Gasteiger partial charge in [-0.05, 0) is 43.5 Å². The fraction of sp³-hybridized carbons (Fsp3) is 0.550. The molecule has 2 fully saturated rings. The molecule has 0 bridgehead atoms. The molecular weight excluding hydrogens is 332 g/mol. The average Bonchev–Trinajstić information content (AvgIpc) is 3.23. The zero-order valence-corrected chi connectivity index (χ0v) is 15.6. The number of hydrogen-bond acceptors (Lipinski definition) is 5. The van der Waals surface area contributed by atoms with E-state index in [1.807, 2.05) is 23.6 Å². The highest BCUT2D eigenvalue weighted by molar-refractivity contribution is 7.11. The zero-order chi connectivity index (χ0) is 17.1. The molecule has 0 amide bonds. The molecule has 2 aromatic heterocycles. The molecule has 4 nitrogen and oxygen atoms in total. The molecule has 25 heavy (non-hydrogen) atoms. The van der Waals surface area contributed by atoms with Crippen molar-refractivity contribution in [2.75, 3.05) is 19.8 Å². The van der Waals surface area contributed by atoms with Gasteiger partial charge in [0.05, 0.1) is 25.9 Å². The molecule has 3 atom stereocenters. The van der Waals surface area contributed by atoms with Gasteiger partial charge < -0.3 is 9.47 Å². The highest BCUT2D eigenvalue weighted by atomic mass is 32.1. The molecule has 2 aliphatic rings. The molecule has 1 aliphatic heterocycles. The minimum Gasteiger partial charge on any atom is -0.376 e. The van der Waals surface area contributed by atoms with E-state index in [1.165, 1.54) is 22.6 Å². The maximum atomic E-state index is 6.16. The Balaban J connectivity index is 1.31. The van der Waals surface area contributed by atoms with Crippen LogP contribution in [0.2, 0.25) is 0 Å². The molecule has 3 heterocycles. The third-order valence-electron chi connectivity index (χ3n) is 5.31. The van der Waals surface area contributed by atoms with Crippen molar-refractivity contribution >= 4 is 11.3 Å². The summed E-state index contributed by atoms with van der Waals surface area (Å²) in [5.74, 6) is 0.509. The molecule has 134 valence electrons. The fourth-order valence-electron chi connectivity index (χ4n) is 4.09. The van der Waals surface area contributed by atoms with Crippen molar-refractivity contribution in [3.8, 4) is 0 Å². The van der Waals surface area contributed by atoms with Gasteiger partial charge in [0, 0.05) is 47.2 Å². The van der Waals surface area contributed by atoms with Gasteiger partial charge in [-0.1, -0.05) is 6.07 Å². The number of nitrogens with zero attached hydrogens (tertiary/aromatic N) is 2. The van der Waals surface area contributed by atoms with Crippen molar-refractivity contribution in [2.24, 2.45) is 5.92 Å². The number of morpholine rings is 1. The summed E-state index contributed by atoms with van der Waals surface area (Å²) in [6.45, 7) is 6.54. The number of fused-ring (bicyclic) bond motifs is 1. The second-order valence-electron chi connectivity index (χ2n) is 7.10. The Morgan fingerprint density at radius 3 is 3.08 bits per heavy atom. The molecule has 0 radical (unpaired) electrons. The highest BCUT2D eigenvalue weighted by Crippen LogP contribution is 2.36. The third-order valence-corrected chi connectivity index (χ3v) is 6.30. The Labute approximate surface area is 153 Å². The number of aromatic nitrogens is 1. The first-order valence-electron chi connectivity index (χ1n) is 9.17. The summed E-state index contributed by atoms with van der Waals surface area (Å²) in [6, 6.07) is 9.06. The lowest BCUT2D eigenvalue weighted by Gasteiger charge is -2.39. The number of pyridine rings is 1. The fourth-order valence-corrected chi connectivity index (χ4v) is 5.01. The van der Waals surface area contributed by atoms with E-state index in [-0.39, 0.29) is 0 Å². The van der Waals surface area contributed by atoms with Crippen LogP contribution in [0.5, 0.6) is 0 Å². The second-order valence-corrected chi connectivity index (χ2v) is 8.47. The largest absolute Gasteiger partial charge is 0.376 e. The number of ether oxygens (including phenoxy) is 2. The summed E-state index contributed by atoms with van der Waals surface area (Å²) in [7, 11) is 0. The van der Waals surface area contributed by atoms with Crippen LogP contribution in [0, 0.1) is 12.8 Å². The van der Waals surface area contributed by atoms with E-state index >= 15 is 0 Å². The Hall–Kier alpha value is -1.27. The Bertz CT molecular complexity index is 675. The first kappa shape index (κ1) is 17.2. The van der Waals surface area contributed by atoms with Crippen LogP contribution in [0.3, 0.4) is 0 Å². The summed E-state index contributed by atoms with van der Waals surface area (Å²) >= 11 is 1.91. The quantitative estimate of drug-likeness (QED) is 0.789. The van der Waals surface area contributed by atoms with E-state index < -0.39 is 0 Å². The topological polar surface area (TPSA) is 34.6 Å². The maximum absolute atomic E-state index is 6.16. The molecule has 0 spiro atoms. The van der Waals surface area contributed by atoms with Gasteiger partial charge in [0.25, 0.3) is 0 Å². The summed E-state index contributed by atoms with van der Waals surface area (Å²) < 4.78 is 12.1. The van der Waals surface area contributed by atoms with Crippen molar-refractivity contribution in [3.05, 3.63) is 52.0 Å². The van der Waals surface area contributed by atoms with Crippen molar-refractivity contribution < 1.29 is 9.47 Å². The number of thiophene rings is 1. The van der Waals surface area contributed by atoms with Crippen molar-refractivity contribution in [1.82, 2.24) is 9.88 Å². The number of aryl methyl sites for hydroxylation is 1. The molecule has 2 aromatic rings. The number of rotatable bonds is 6. The lowest BCUT2D eigenvalue weighted by Crippen LogP contribution is -2.50. The first-order valence-corrected chi connectivity index (χ1v) is 9.99. The van der Waals surface area contributed by atoms with Gasteiger partial charge in [-0.2, -0.15) is 0 Å². The van der Waals surface area contributed by atoms with Crippen LogP contribution in [0.15, 0.2) is 36.7 Å². The summed E-state index contributed by atoms with van der Waals surface area (Å²) in [4.78, 5) is 9.63. The van der Waals surface area contributed by atoms with Crippen molar-refractivity contribution in [1.29, 1.82) is 0 Å². The van der Waals surface area contributed by atoms with E-state index in [2.05, 4.69) is 35.0 Å². The van der Waals surface area contributed by atoms with Gasteiger partial charge in [-0.3, -0.25) is 9.88 Å². The summed E-state index contributed by atoms with van der Waals surface area (Å²) in [5.41, 5.74) is 1.14. The molecule has 5 heteroatoms. The van der Waals surface area contributed by atoms with Gasteiger partial charge in [-0.15, -0.1) is 11.3 Å². The van der Waals surface area contributed by atoms with Gasteiger partial charge in [0.1, 0.15) is 0 Å². The minimum atomic E-state index is 0.323. The van der Waals surface area contributed by atoms with Gasteiger partial charge >= 0.3 is 0 Å². The van der Waals surface area contributed by atoms with Gasteiger partial charge in [-0.25, -0.2) is 0 Å². The lowest BCUT2D eigenvalue weighted by atomic mass is 10.0. The van der Waals surface area contributed by atoms with Crippen LogP contribution in [0.1, 0.15) is 28.2 Å². The third kappa shape index (κ3) is 4.11. The molecule has 0 unspecified atom stereocenters. The van der Waals surface area contributed by atoms with Crippen molar-refractivity contribution in [2.45, 2.75) is 45.1 Å². The van der Waals surface area contributed by atoms with Crippen LogP contribution in [-0.4, -0.2) is 41.8 Å². The number of hydrogen-bond donors (Lipinski definition) is 0. The predicted molar refractivity (Wildman–Crippen MR) is 99.6 cm³/mol. The van der Waals surface area contributed by atoms with E-state index in [0.29, 0.717) is 24.7 Å². The highest BCUT2D eigenvalue weighted by Gasteiger charge is 2.42. The van der Waals surface area contributed by atoms with Gasteiger partial charge in [0.15, 0.2) is 0 Å². The maximum Gasteiger partial charge on any atom is 0.0781 e. The molecule has 0 N–H and O–H groups in total. The zero-order valence-electron chi connectivity index (χ0n) is 14.8. The second kappa shape index (κ2) is 7.96. The molecule has 1 saturated heterocycles. The predicted octanol–water partition coefficient (Wildman–Crippen LogP) is 3.65. The Kier molecular flexibility index (Phi) is 5.46. The molecular formula is C20H26N2O2S. The van der Waals surface area contributed by atoms with E-state index in [0.717, 1.165) is 31.9 Å². The monoisotopic (exact) mass is 358 g/mol. The van der Waals surface area contributed by atoms with Crippen LogP contribution in [0.25, 0.3) is 0 Å². The summed E-state index contributed by atoms with van der Waals surface area (Å²) in [5, 5.41) is 0. The normalized spacial score (nSPS) is 26.7. The average molecular weight is 359 g/mol. The minimum absolute atomic E-state index is 0.323. The Morgan fingerprint density at radius 2 is 2.28 bits per heavy atom. The van der Waals surface area contributed by atoms with Crippen molar-refractivity contribution in [3.63, 3.8) is 0 Å². The van der Waals surface area contributed by atoms with E-state index in [4.69, 9.17) is 9.47 Å². The smallest absolute Gasteiger partial charge is 0.0781 e. The van der Waals surface area contributed by atoms with E-state index in [9.17, 15) is 0 Å². The Morgan fingerprint density at radius 1 is 1.32 bits per heavy atom. The first-order chi connectivity index (χ1) is 12.3. The van der Waals surface area contributed by atoms with Crippen LogP contribution in [-0.2, 0) is 22.6 Å². The molecule has 0 aromatic carbocycles. The van der Waals surface area contributed by atoms with Gasteiger partial charge in [0.2, 0.25) is 0 Å². The van der Waals surface area contributed by atoms with Crippen LogP contribution >= 0.6 is 11.3 Å². The standard InChI is InChI=1S/C20H26N2O2S/c1-15-4-6-18(25-15)12-22-9-10-24-20-17(5-7-19(20)22)14-23-13-16-3-2-8-21-11-16/h2-4,6,8,11,17,19-20H,5,7,9-10,12-14H2,1H3/t17-,19-,20+/m0/s1. The van der Waals surface area contributed by atoms with Crippen LogP contribution in [0.4, 0.5) is 0 Å². The SMILES string of the molecule is Cc1ccc(CN2CCO[C@@H]3[C@H](COCc4cccnc4)CC[C@@H]32)s1. The van der Waals surface area contributed by atoms with E-state index in [1.54, 1.807) is 6.20 Å². The summed E-state index contributed by atoms with van der Waals surface area (Å²) in [6.07, 6.45) is 6.41. The molecule has 4 rings (SSSR count). The molecule has 1 saturated carbocycles.